The molecule has 322 valence electrons. The van der Waals surface area contributed by atoms with Crippen molar-refractivity contribution in [2.24, 2.45) is 11.8 Å². The third kappa shape index (κ3) is 7.10. The molecule has 3 aliphatic carbocycles. The van der Waals surface area contributed by atoms with Gasteiger partial charge in [0.1, 0.15) is 23.7 Å². The number of hydrogen-bond acceptors (Lipinski definition) is 8. The number of carbonyl (C=O) groups is 4. The van der Waals surface area contributed by atoms with E-state index in [9.17, 15) is 19.2 Å². The normalized spacial score (nSPS) is 23.0. The van der Waals surface area contributed by atoms with Gasteiger partial charge in [-0.2, -0.15) is 0 Å². The standard InChI is InChI=1S/C50H46N8O6/c1-63-49(61)55-42(29-9-5-3-6-10-29)47(59)57-38-23-32(38)25-40(57)45-51-35-19-16-28(22-37(35)53-45)14-13-27-15-18-34-31(21-27)17-20-36-44(34)54-46(52-36)41-26-33-24-39(33)58(41)48(60)43(56-50(62)64-2)30-11-7-4-8-12-30/h3-12,15-16,18-19,21-22,32-33,38-43H,17,20,23-26H2,1-2H3,(H,51,53)(H,52,54)(H,55,61)(H,56,62)/t32-,33-,38-,39-,40+,41+,42+,43+/m1/s1. The van der Waals surface area contributed by atoms with E-state index in [-0.39, 0.29) is 36.0 Å². The minimum absolute atomic E-state index is 0.103. The van der Waals surface area contributed by atoms with Crippen LogP contribution in [0, 0.1) is 23.7 Å². The number of carbonyl (C=O) groups excluding carboxylic acids is 4. The average Bonchev–Trinajstić information content (AvgIpc) is 3.98. The third-order valence-electron chi connectivity index (χ3n) is 13.7. The predicted octanol–water partition coefficient (Wildman–Crippen LogP) is 6.97. The van der Waals surface area contributed by atoms with Crippen molar-refractivity contribution < 1.29 is 28.7 Å². The summed E-state index contributed by atoms with van der Waals surface area (Å²) in [6.07, 6.45) is 3.80. The molecule has 0 bridgehead atoms. The lowest BCUT2D eigenvalue weighted by atomic mass is 9.91. The zero-order valence-electron chi connectivity index (χ0n) is 35.3. The van der Waals surface area contributed by atoms with Gasteiger partial charge in [-0.05, 0) is 97.4 Å². The van der Waals surface area contributed by atoms with E-state index in [1.54, 1.807) is 0 Å². The molecule has 11 rings (SSSR count). The first kappa shape index (κ1) is 39.4. The Morgan fingerprint density at radius 2 is 1.20 bits per heavy atom. The van der Waals surface area contributed by atoms with E-state index >= 15 is 0 Å². The van der Waals surface area contributed by atoms with Crippen LogP contribution >= 0.6 is 0 Å². The van der Waals surface area contributed by atoms with E-state index in [2.05, 4.69) is 44.6 Å². The quantitative estimate of drug-likeness (QED) is 0.119. The number of ether oxygens (including phenoxy) is 2. The van der Waals surface area contributed by atoms with Crippen molar-refractivity contribution in [3.63, 3.8) is 0 Å². The lowest BCUT2D eigenvalue weighted by molar-refractivity contribution is -0.136. The van der Waals surface area contributed by atoms with Gasteiger partial charge in [0.25, 0.3) is 11.8 Å². The van der Waals surface area contributed by atoms with E-state index < -0.39 is 24.3 Å². The molecular weight excluding hydrogens is 809 g/mol. The van der Waals surface area contributed by atoms with E-state index in [1.807, 2.05) is 94.7 Å². The summed E-state index contributed by atoms with van der Waals surface area (Å²) in [5, 5.41) is 5.53. The van der Waals surface area contributed by atoms with Gasteiger partial charge in [0.05, 0.1) is 43.0 Å². The molecule has 0 spiro atoms. The smallest absolute Gasteiger partial charge is 0.407 e. The van der Waals surface area contributed by atoms with E-state index in [0.29, 0.717) is 23.0 Å². The highest BCUT2D eigenvalue weighted by atomic mass is 16.5. The molecule has 2 aliphatic heterocycles. The molecule has 14 nitrogen and oxygen atoms in total. The highest BCUT2D eigenvalue weighted by Gasteiger charge is 2.57. The van der Waals surface area contributed by atoms with Crippen LogP contribution in [0.2, 0.25) is 0 Å². The molecule has 2 saturated heterocycles. The maximum atomic E-state index is 14.3. The number of imidazole rings is 2. The van der Waals surface area contributed by atoms with Crippen molar-refractivity contribution in [3.05, 3.63) is 142 Å². The lowest BCUT2D eigenvalue weighted by Crippen LogP contribution is -2.44. The van der Waals surface area contributed by atoms with Crippen LogP contribution in [0.4, 0.5) is 9.59 Å². The van der Waals surface area contributed by atoms with Gasteiger partial charge in [-0.3, -0.25) is 9.59 Å². The van der Waals surface area contributed by atoms with Crippen molar-refractivity contribution >= 4 is 35.0 Å². The fraction of sp³-hybridized carbons (Fsp3) is 0.320. The van der Waals surface area contributed by atoms with E-state index in [4.69, 9.17) is 19.4 Å². The molecule has 4 fully saturated rings. The summed E-state index contributed by atoms with van der Waals surface area (Å²) >= 11 is 0. The number of aryl methyl sites for hydroxylation is 2. The number of nitrogens with one attached hydrogen (secondary N) is 4. The first-order chi connectivity index (χ1) is 31.2. The van der Waals surface area contributed by atoms with Gasteiger partial charge in [-0.1, -0.05) is 78.6 Å². The Kier molecular flexibility index (Phi) is 9.71. The first-order valence-electron chi connectivity index (χ1n) is 21.9. The zero-order chi connectivity index (χ0) is 43.6. The minimum atomic E-state index is -0.882. The summed E-state index contributed by atoms with van der Waals surface area (Å²) in [6.45, 7) is 0. The number of amides is 4. The number of aromatic nitrogens is 4. The number of alkyl carbamates (subject to hydrolysis) is 2. The predicted molar refractivity (Wildman–Crippen MR) is 235 cm³/mol. The minimum Gasteiger partial charge on any atom is -0.453 e. The molecule has 0 unspecified atom stereocenters. The topological polar surface area (TPSA) is 175 Å². The Bertz CT molecular complexity index is 2900. The molecule has 4 heterocycles. The SMILES string of the molecule is COC(=O)N[C@H](C(=O)N1[C@@H]2C[C@@H]2C[C@H]1c1nc2c([nH]1)CCc1cc(C#Cc3ccc4nc([C@@H]5C[C@H]6C[C@H]6N5C(=O)[C@@H](NC(=O)OC)c5ccccc5)[nH]c4c3)ccc1-2)c1ccccc1. The van der Waals surface area contributed by atoms with E-state index in [0.717, 1.165) is 89.3 Å². The van der Waals surface area contributed by atoms with Crippen LogP contribution < -0.4 is 10.6 Å². The fourth-order valence-corrected chi connectivity index (χ4v) is 10.3. The van der Waals surface area contributed by atoms with Crippen molar-refractivity contribution in [1.82, 2.24) is 40.4 Å². The second-order valence-corrected chi connectivity index (χ2v) is 17.5. The van der Waals surface area contributed by atoms with Crippen LogP contribution in [-0.2, 0) is 31.9 Å². The number of rotatable bonds is 8. The van der Waals surface area contributed by atoms with Crippen molar-refractivity contribution in [2.75, 3.05) is 14.2 Å². The molecule has 14 heteroatoms. The Morgan fingerprint density at radius 1 is 0.656 bits per heavy atom. The van der Waals surface area contributed by atoms with Crippen LogP contribution in [0.25, 0.3) is 22.3 Å². The lowest BCUT2D eigenvalue weighted by Gasteiger charge is -2.30. The number of aromatic amines is 2. The Morgan fingerprint density at radius 3 is 1.78 bits per heavy atom. The van der Waals surface area contributed by atoms with E-state index in [1.165, 1.54) is 19.8 Å². The molecule has 4 amide bonds. The van der Waals surface area contributed by atoms with Crippen LogP contribution in [0.3, 0.4) is 0 Å². The number of piperidine rings is 2. The second kappa shape index (κ2) is 15.7. The summed E-state index contributed by atoms with van der Waals surface area (Å²) in [5.41, 5.74) is 8.95. The molecule has 8 atom stereocenters. The molecule has 6 aromatic rings. The number of H-pyrrole nitrogens is 2. The molecule has 2 saturated carbocycles. The number of methoxy groups -OCH3 is 2. The highest BCUT2D eigenvalue weighted by Crippen LogP contribution is 2.55. The molecule has 64 heavy (non-hydrogen) atoms. The van der Waals surface area contributed by atoms with Gasteiger partial charge in [-0.15, -0.1) is 0 Å². The van der Waals surface area contributed by atoms with Gasteiger partial charge in [0, 0.05) is 34.5 Å². The van der Waals surface area contributed by atoms with Crippen molar-refractivity contribution in [3.8, 4) is 23.1 Å². The third-order valence-corrected chi connectivity index (χ3v) is 13.7. The molecule has 5 aliphatic rings. The molecule has 4 N–H and O–H groups in total. The van der Waals surface area contributed by atoms with Gasteiger partial charge in [0.2, 0.25) is 0 Å². The van der Waals surface area contributed by atoms with Crippen LogP contribution in [-0.4, -0.2) is 80.0 Å². The molecule has 4 aromatic carbocycles. The Labute approximate surface area is 369 Å². The van der Waals surface area contributed by atoms with Gasteiger partial charge in [-0.25, -0.2) is 19.6 Å². The summed E-state index contributed by atoms with van der Waals surface area (Å²) in [5.74, 6) is 8.68. The Balaban J connectivity index is 0.810. The maximum Gasteiger partial charge on any atom is 0.407 e. The molecule has 2 aromatic heterocycles. The molecule has 0 radical (unpaired) electrons. The summed E-state index contributed by atoms with van der Waals surface area (Å²) in [7, 11) is 2.59. The number of fused-ring (bicyclic) bond motifs is 6. The van der Waals surface area contributed by atoms with Gasteiger partial charge < -0.3 is 39.9 Å². The second-order valence-electron chi connectivity index (χ2n) is 17.5. The fourth-order valence-electron chi connectivity index (χ4n) is 10.3. The number of likely N-dealkylation sites (tertiary alicyclic amines) is 2. The largest absolute Gasteiger partial charge is 0.453 e. The maximum absolute atomic E-state index is 14.3. The number of nitrogens with zero attached hydrogens (tertiary/aromatic N) is 4. The summed E-state index contributed by atoms with van der Waals surface area (Å²) in [6, 6.07) is 28.7. The summed E-state index contributed by atoms with van der Waals surface area (Å²) < 4.78 is 9.78. The van der Waals surface area contributed by atoms with Gasteiger partial charge in [0.15, 0.2) is 0 Å². The van der Waals surface area contributed by atoms with Crippen LogP contribution in [0.15, 0.2) is 97.1 Å². The first-order valence-corrected chi connectivity index (χ1v) is 21.9. The average molecular weight is 855 g/mol. The number of hydrogen-bond donors (Lipinski definition) is 4. The monoisotopic (exact) mass is 854 g/mol. The van der Waals surface area contributed by atoms with Crippen molar-refractivity contribution in [2.45, 2.75) is 74.8 Å². The zero-order valence-corrected chi connectivity index (χ0v) is 35.3. The summed E-state index contributed by atoms with van der Waals surface area (Å²) in [4.78, 5) is 74.3. The number of benzene rings is 4. The van der Waals surface area contributed by atoms with Crippen LogP contribution in [0.5, 0.6) is 0 Å². The molecular formula is C50H46N8O6. The van der Waals surface area contributed by atoms with Crippen molar-refractivity contribution in [1.29, 1.82) is 0 Å². The van der Waals surface area contributed by atoms with Crippen LogP contribution in [0.1, 0.15) is 95.0 Å². The van der Waals surface area contributed by atoms with Gasteiger partial charge >= 0.3 is 12.2 Å². The highest BCUT2D eigenvalue weighted by molar-refractivity contribution is 5.89. The Hall–Kier alpha value is -7.40.